The third-order valence-electron chi connectivity index (χ3n) is 4.62. The number of carboxylic acid groups (broad SMARTS) is 1. The standard InChI is InChI=1S/C25H18O2/c26-25(27)24-14-8-7-13-23(24)22-16-20(18-9-3-1-4-10-18)15-21(17-22)19-11-5-2-6-12-19/h1-17H,(H,26,27). The van der Waals surface area contributed by atoms with Gasteiger partial charge in [-0.15, -0.1) is 0 Å². The average molecular weight is 350 g/mol. The minimum atomic E-state index is -0.919. The van der Waals surface area contributed by atoms with Crippen molar-refractivity contribution in [3.63, 3.8) is 0 Å². The van der Waals surface area contributed by atoms with Gasteiger partial charge >= 0.3 is 5.97 Å². The van der Waals surface area contributed by atoms with Gasteiger partial charge in [-0.05, 0) is 57.6 Å². The lowest BCUT2D eigenvalue weighted by Crippen LogP contribution is -1.99. The highest BCUT2D eigenvalue weighted by Crippen LogP contribution is 2.34. The molecule has 0 amide bonds. The van der Waals surface area contributed by atoms with E-state index in [9.17, 15) is 9.90 Å². The molecule has 0 fully saturated rings. The van der Waals surface area contributed by atoms with Gasteiger partial charge in [-0.3, -0.25) is 0 Å². The van der Waals surface area contributed by atoms with Gasteiger partial charge in [0, 0.05) is 0 Å². The normalized spacial score (nSPS) is 10.5. The molecule has 0 radical (unpaired) electrons. The molecule has 0 saturated heterocycles. The fourth-order valence-corrected chi connectivity index (χ4v) is 3.30. The first-order chi connectivity index (χ1) is 13.2. The van der Waals surface area contributed by atoms with Crippen LogP contribution in [0.25, 0.3) is 33.4 Å². The summed E-state index contributed by atoms with van der Waals surface area (Å²) in [5.41, 5.74) is 6.25. The predicted molar refractivity (Wildman–Crippen MR) is 110 cm³/mol. The number of benzene rings is 4. The third-order valence-corrected chi connectivity index (χ3v) is 4.62. The summed E-state index contributed by atoms with van der Waals surface area (Å²) in [6, 6.07) is 33.7. The van der Waals surface area contributed by atoms with E-state index in [2.05, 4.69) is 42.5 Å². The van der Waals surface area contributed by atoms with Gasteiger partial charge < -0.3 is 5.11 Å². The summed E-state index contributed by atoms with van der Waals surface area (Å²) >= 11 is 0. The maximum atomic E-state index is 11.7. The topological polar surface area (TPSA) is 37.3 Å². The maximum Gasteiger partial charge on any atom is 0.336 e. The van der Waals surface area contributed by atoms with Gasteiger partial charge in [-0.2, -0.15) is 0 Å². The quantitative estimate of drug-likeness (QED) is 0.463. The first-order valence-corrected chi connectivity index (χ1v) is 8.81. The van der Waals surface area contributed by atoms with Gasteiger partial charge in [0.25, 0.3) is 0 Å². The highest BCUT2D eigenvalue weighted by Gasteiger charge is 2.13. The number of aromatic carboxylic acids is 1. The number of rotatable bonds is 4. The second-order valence-corrected chi connectivity index (χ2v) is 6.38. The Morgan fingerprint density at radius 3 is 1.48 bits per heavy atom. The second-order valence-electron chi connectivity index (χ2n) is 6.38. The molecule has 0 heterocycles. The minimum absolute atomic E-state index is 0.307. The van der Waals surface area contributed by atoms with Crippen molar-refractivity contribution in [3.8, 4) is 33.4 Å². The molecule has 0 saturated carbocycles. The van der Waals surface area contributed by atoms with Crippen LogP contribution in [0.15, 0.2) is 103 Å². The number of hydrogen-bond donors (Lipinski definition) is 1. The van der Waals surface area contributed by atoms with E-state index in [-0.39, 0.29) is 0 Å². The monoisotopic (exact) mass is 350 g/mol. The van der Waals surface area contributed by atoms with Crippen molar-refractivity contribution < 1.29 is 9.90 Å². The number of carbonyl (C=O) groups is 1. The number of hydrogen-bond acceptors (Lipinski definition) is 1. The highest BCUT2D eigenvalue weighted by atomic mass is 16.4. The van der Waals surface area contributed by atoms with Crippen LogP contribution in [-0.4, -0.2) is 11.1 Å². The average Bonchev–Trinajstić information content (AvgIpc) is 2.74. The fraction of sp³-hybridized carbons (Fsp3) is 0. The molecule has 0 atom stereocenters. The van der Waals surface area contributed by atoms with Gasteiger partial charge in [-0.1, -0.05) is 78.9 Å². The summed E-state index contributed by atoms with van der Waals surface area (Å²) in [6.07, 6.45) is 0. The molecule has 0 spiro atoms. The van der Waals surface area contributed by atoms with E-state index in [0.29, 0.717) is 5.56 Å². The Balaban J connectivity index is 1.96. The zero-order chi connectivity index (χ0) is 18.6. The summed E-state index contributed by atoms with van der Waals surface area (Å²) in [5.74, 6) is -0.919. The van der Waals surface area contributed by atoms with Crippen molar-refractivity contribution in [1.29, 1.82) is 0 Å². The van der Waals surface area contributed by atoms with E-state index in [1.807, 2.05) is 48.5 Å². The smallest absolute Gasteiger partial charge is 0.336 e. The molecule has 2 nitrogen and oxygen atoms in total. The molecular formula is C25H18O2. The molecule has 0 bridgehead atoms. The van der Waals surface area contributed by atoms with Gasteiger partial charge in [0.05, 0.1) is 5.56 Å². The zero-order valence-corrected chi connectivity index (χ0v) is 14.7. The molecule has 0 unspecified atom stereocenters. The molecule has 4 aromatic carbocycles. The first kappa shape index (κ1) is 16.8. The highest BCUT2D eigenvalue weighted by molar-refractivity contribution is 5.97. The third kappa shape index (κ3) is 3.51. The van der Waals surface area contributed by atoms with E-state index < -0.39 is 5.97 Å². The van der Waals surface area contributed by atoms with Gasteiger partial charge in [0.15, 0.2) is 0 Å². The van der Waals surface area contributed by atoms with Crippen LogP contribution in [0.1, 0.15) is 10.4 Å². The summed E-state index contributed by atoms with van der Waals surface area (Å²) in [6.45, 7) is 0. The zero-order valence-electron chi connectivity index (χ0n) is 14.7. The van der Waals surface area contributed by atoms with Crippen LogP contribution in [0.2, 0.25) is 0 Å². The molecule has 4 aromatic rings. The summed E-state index contributed by atoms with van der Waals surface area (Å²) in [5, 5.41) is 9.60. The molecule has 0 aliphatic heterocycles. The van der Waals surface area contributed by atoms with Crippen LogP contribution in [0, 0.1) is 0 Å². The Morgan fingerprint density at radius 1 is 0.519 bits per heavy atom. The largest absolute Gasteiger partial charge is 0.478 e. The number of carboxylic acids is 1. The van der Waals surface area contributed by atoms with Crippen LogP contribution in [0.4, 0.5) is 0 Å². The molecule has 27 heavy (non-hydrogen) atoms. The molecular weight excluding hydrogens is 332 g/mol. The molecule has 2 heteroatoms. The van der Waals surface area contributed by atoms with Crippen LogP contribution in [0.5, 0.6) is 0 Å². The molecule has 1 N–H and O–H groups in total. The van der Waals surface area contributed by atoms with Gasteiger partial charge in [-0.25, -0.2) is 4.79 Å². The summed E-state index contributed by atoms with van der Waals surface area (Å²) in [7, 11) is 0. The van der Waals surface area contributed by atoms with E-state index in [4.69, 9.17) is 0 Å². The molecule has 0 aliphatic rings. The Morgan fingerprint density at radius 2 is 0.963 bits per heavy atom. The Kier molecular flexibility index (Phi) is 4.54. The van der Waals surface area contributed by atoms with Gasteiger partial charge in [0.2, 0.25) is 0 Å². The van der Waals surface area contributed by atoms with Crippen molar-refractivity contribution in [3.05, 3.63) is 109 Å². The first-order valence-electron chi connectivity index (χ1n) is 8.81. The van der Waals surface area contributed by atoms with Crippen LogP contribution in [-0.2, 0) is 0 Å². The Hall–Kier alpha value is -3.65. The molecule has 0 aromatic heterocycles. The lowest BCUT2D eigenvalue weighted by atomic mass is 9.91. The van der Waals surface area contributed by atoms with Crippen molar-refractivity contribution in [2.45, 2.75) is 0 Å². The van der Waals surface area contributed by atoms with Crippen molar-refractivity contribution in [2.24, 2.45) is 0 Å². The van der Waals surface area contributed by atoms with Crippen LogP contribution in [0.3, 0.4) is 0 Å². The lowest BCUT2D eigenvalue weighted by molar-refractivity contribution is 0.0697. The maximum absolute atomic E-state index is 11.7. The van der Waals surface area contributed by atoms with E-state index >= 15 is 0 Å². The fourth-order valence-electron chi connectivity index (χ4n) is 3.30. The molecule has 4 rings (SSSR count). The summed E-state index contributed by atoms with van der Waals surface area (Å²) < 4.78 is 0. The van der Waals surface area contributed by atoms with E-state index in [1.54, 1.807) is 12.1 Å². The Labute approximate surface area is 158 Å². The Bertz CT molecular complexity index is 1030. The van der Waals surface area contributed by atoms with E-state index in [0.717, 1.165) is 33.4 Å². The molecule has 0 aliphatic carbocycles. The van der Waals surface area contributed by atoms with Crippen molar-refractivity contribution >= 4 is 5.97 Å². The second kappa shape index (κ2) is 7.30. The lowest BCUT2D eigenvalue weighted by Gasteiger charge is -2.13. The minimum Gasteiger partial charge on any atom is -0.478 e. The van der Waals surface area contributed by atoms with Crippen molar-refractivity contribution in [2.75, 3.05) is 0 Å². The predicted octanol–water partition coefficient (Wildman–Crippen LogP) is 6.39. The van der Waals surface area contributed by atoms with E-state index in [1.165, 1.54) is 0 Å². The van der Waals surface area contributed by atoms with Gasteiger partial charge in [0.1, 0.15) is 0 Å². The SMILES string of the molecule is O=C(O)c1ccccc1-c1cc(-c2ccccc2)cc(-c2ccccc2)c1. The van der Waals surface area contributed by atoms with Crippen LogP contribution < -0.4 is 0 Å². The van der Waals surface area contributed by atoms with Crippen LogP contribution >= 0.6 is 0 Å². The summed E-state index contributed by atoms with van der Waals surface area (Å²) in [4.78, 5) is 11.7. The van der Waals surface area contributed by atoms with Crippen molar-refractivity contribution in [1.82, 2.24) is 0 Å². The molecule has 130 valence electrons.